The second-order valence-electron chi connectivity index (χ2n) is 10.8. The van der Waals surface area contributed by atoms with Crippen molar-refractivity contribution in [3.8, 4) is 0 Å². The van der Waals surface area contributed by atoms with Crippen LogP contribution in [0.2, 0.25) is 0 Å². The van der Waals surface area contributed by atoms with E-state index < -0.39 is 10.1 Å². The van der Waals surface area contributed by atoms with Gasteiger partial charge in [-0.15, -0.1) is 0 Å². The molecule has 0 aromatic heterocycles. The number of rotatable bonds is 29. The Kier molecular flexibility index (Phi) is 34.4. The van der Waals surface area contributed by atoms with Crippen LogP contribution in [0.15, 0.2) is 0 Å². The second kappa shape index (κ2) is 31.4. The summed E-state index contributed by atoms with van der Waals surface area (Å²) in [6.45, 7) is 2.29. The Hall–Kier alpha value is 1.17. The van der Waals surface area contributed by atoms with Gasteiger partial charge in [0.1, 0.15) is 0 Å². The Morgan fingerprint density at radius 2 is 0.571 bits per heavy atom. The molecule has 0 unspecified atom stereocenters. The van der Waals surface area contributed by atoms with Gasteiger partial charge in [-0.25, -0.2) is 0 Å². The summed E-state index contributed by atoms with van der Waals surface area (Å²) in [5, 5.41) is 0. The molecule has 0 aliphatic carbocycles. The number of hydrogen-bond donors (Lipinski definition) is 1. The van der Waals surface area contributed by atoms with Crippen LogP contribution in [0.1, 0.15) is 190 Å². The summed E-state index contributed by atoms with van der Waals surface area (Å²) >= 11 is 0. The van der Waals surface area contributed by atoms with Gasteiger partial charge in [-0.1, -0.05) is 180 Å². The van der Waals surface area contributed by atoms with Crippen molar-refractivity contribution in [1.29, 1.82) is 0 Å². The first-order valence-electron chi connectivity index (χ1n) is 15.5. The van der Waals surface area contributed by atoms with Crippen molar-refractivity contribution in [2.45, 2.75) is 187 Å². The normalized spacial score (nSPS) is 11.6. The van der Waals surface area contributed by atoms with E-state index in [0.717, 1.165) is 12.8 Å². The quantitative estimate of drug-likeness (QED) is 0.0578. The summed E-state index contributed by atoms with van der Waals surface area (Å²) in [5.74, 6) is -0.0769. The minimum Gasteiger partial charge on any atom is -1.00 e. The second-order valence-corrected chi connectivity index (χ2v) is 12.4. The van der Waals surface area contributed by atoms with Crippen LogP contribution >= 0.6 is 0 Å². The molecule has 0 heterocycles. The molecule has 0 rings (SSSR count). The van der Waals surface area contributed by atoms with Gasteiger partial charge in [0.25, 0.3) is 10.1 Å². The van der Waals surface area contributed by atoms with E-state index in [4.69, 9.17) is 4.55 Å². The fourth-order valence-electron chi connectivity index (χ4n) is 4.95. The monoisotopic (exact) mass is 544 g/mol. The maximum absolute atomic E-state index is 10.6. The zero-order valence-electron chi connectivity index (χ0n) is 25.9. The molecule has 0 amide bonds. The molecule has 0 atom stereocenters. The van der Waals surface area contributed by atoms with Crippen LogP contribution in [0, 0.1) is 0 Å². The smallest absolute Gasteiger partial charge is 1.00 e. The van der Waals surface area contributed by atoms with Crippen LogP contribution in [0.4, 0.5) is 0 Å². The minimum absolute atomic E-state index is 0. The van der Waals surface area contributed by atoms with Gasteiger partial charge in [0.2, 0.25) is 0 Å². The van der Waals surface area contributed by atoms with Crippen LogP contribution in [0.5, 0.6) is 0 Å². The van der Waals surface area contributed by atoms with Crippen molar-refractivity contribution in [2.24, 2.45) is 0 Å². The maximum Gasteiger partial charge on any atom is 2.00 e. The SMILES string of the molecule is CCCCCCCCCCCCCCCCCCCCCCCCCCCCCCS(=O)(=O)O.[Ca+2].[H-].[H-]. The van der Waals surface area contributed by atoms with Gasteiger partial charge in [0, 0.05) is 0 Å². The summed E-state index contributed by atoms with van der Waals surface area (Å²) in [5.41, 5.74) is 0. The Bertz CT molecular complexity index is 493. The minimum atomic E-state index is -3.75. The zero-order valence-corrected chi connectivity index (χ0v) is 26.9. The largest absolute Gasteiger partial charge is 2.00 e. The van der Waals surface area contributed by atoms with E-state index in [1.165, 1.54) is 161 Å². The molecule has 0 saturated carbocycles. The summed E-state index contributed by atoms with van der Waals surface area (Å²) in [6, 6.07) is 0. The van der Waals surface area contributed by atoms with E-state index >= 15 is 0 Å². The fourth-order valence-corrected chi connectivity index (χ4v) is 5.52. The van der Waals surface area contributed by atoms with Gasteiger partial charge >= 0.3 is 37.7 Å². The standard InChI is InChI=1S/C30H62O3S.Ca.2H/c1-2-3-4-5-6-7-8-9-10-11-12-13-14-15-16-17-18-19-20-21-22-23-24-25-26-27-28-29-30-34(31,32)33;;;/h2-30H2,1H3,(H,31,32,33);;;/q;+2;2*-1. The van der Waals surface area contributed by atoms with E-state index in [1.807, 2.05) is 0 Å². The fraction of sp³-hybridized carbons (Fsp3) is 1.00. The molecule has 0 fully saturated rings. The summed E-state index contributed by atoms with van der Waals surface area (Å²) in [6.07, 6.45) is 38.0. The third-order valence-corrected chi connectivity index (χ3v) is 8.06. The summed E-state index contributed by atoms with van der Waals surface area (Å²) in [7, 11) is -3.75. The molecular weight excluding hydrogens is 480 g/mol. The van der Waals surface area contributed by atoms with Gasteiger partial charge in [0.15, 0.2) is 0 Å². The third-order valence-electron chi connectivity index (χ3n) is 7.26. The predicted molar refractivity (Wildman–Crippen MR) is 159 cm³/mol. The van der Waals surface area contributed by atoms with Crippen molar-refractivity contribution in [1.82, 2.24) is 0 Å². The summed E-state index contributed by atoms with van der Waals surface area (Å²) < 4.78 is 30.0. The van der Waals surface area contributed by atoms with Gasteiger partial charge < -0.3 is 2.85 Å². The van der Waals surface area contributed by atoms with E-state index in [-0.39, 0.29) is 46.3 Å². The van der Waals surface area contributed by atoms with E-state index in [0.29, 0.717) is 6.42 Å². The maximum atomic E-state index is 10.6. The van der Waals surface area contributed by atoms with Crippen molar-refractivity contribution in [3.63, 3.8) is 0 Å². The Morgan fingerprint density at radius 1 is 0.400 bits per heavy atom. The number of unbranched alkanes of at least 4 members (excludes halogenated alkanes) is 27. The van der Waals surface area contributed by atoms with Crippen molar-refractivity contribution in [3.05, 3.63) is 0 Å². The molecule has 0 radical (unpaired) electrons. The molecule has 1 N–H and O–H groups in total. The molecule has 0 aliphatic heterocycles. The van der Waals surface area contributed by atoms with Crippen molar-refractivity contribution >= 4 is 47.9 Å². The first-order chi connectivity index (χ1) is 16.6. The molecule has 5 heteroatoms. The van der Waals surface area contributed by atoms with Crippen molar-refractivity contribution < 1.29 is 15.8 Å². The predicted octanol–water partition coefficient (Wildman–Crippen LogP) is 10.7. The molecular formula is C30H64CaO3S. The van der Waals surface area contributed by atoms with Gasteiger partial charge in [-0.3, -0.25) is 4.55 Å². The molecule has 0 spiro atoms. The van der Waals surface area contributed by atoms with E-state index in [2.05, 4.69) is 6.92 Å². The molecule has 0 saturated heterocycles. The van der Waals surface area contributed by atoms with Crippen LogP contribution in [-0.2, 0) is 10.1 Å². The third kappa shape index (κ3) is 37.4. The Labute approximate surface area is 254 Å². The first-order valence-corrected chi connectivity index (χ1v) is 17.1. The molecule has 0 bridgehead atoms. The van der Waals surface area contributed by atoms with E-state index in [1.54, 1.807) is 0 Å². The average molecular weight is 545 g/mol. The van der Waals surface area contributed by atoms with Gasteiger partial charge in [0.05, 0.1) is 5.75 Å². The Morgan fingerprint density at radius 3 is 0.743 bits per heavy atom. The van der Waals surface area contributed by atoms with Crippen molar-refractivity contribution in [2.75, 3.05) is 5.75 Å². The Balaban J connectivity index is -0.00000181. The number of hydrogen-bond acceptors (Lipinski definition) is 2. The topological polar surface area (TPSA) is 54.4 Å². The zero-order chi connectivity index (χ0) is 25.0. The van der Waals surface area contributed by atoms with E-state index in [9.17, 15) is 8.42 Å². The van der Waals surface area contributed by atoms with Gasteiger partial charge in [-0.05, 0) is 6.42 Å². The molecule has 210 valence electrons. The van der Waals surface area contributed by atoms with Crippen LogP contribution in [0.25, 0.3) is 0 Å². The first kappa shape index (κ1) is 38.3. The van der Waals surface area contributed by atoms with Gasteiger partial charge in [-0.2, -0.15) is 8.42 Å². The molecule has 0 aromatic rings. The molecule has 35 heavy (non-hydrogen) atoms. The molecule has 0 aliphatic rings. The van der Waals surface area contributed by atoms with Crippen LogP contribution in [0.3, 0.4) is 0 Å². The molecule has 0 aromatic carbocycles. The van der Waals surface area contributed by atoms with Crippen LogP contribution < -0.4 is 0 Å². The average Bonchev–Trinajstić information content (AvgIpc) is 2.80. The van der Waals surface area contributed by atoms with Crippen LogP contribution in [-0.4, -0.2) is 56.5 Å². The summed E-state index contributed by atoms with van der Waals surface area (Å²) in [4.78, 5) is 0. The molecule has 3 nitrogen and oxygen atoms in total.